The van der Waals surface area contributed by atoms with Crippen molar-refractivity contribution in [1.29, 1.82) is 0 Å². The third kappa shape index (κ3) is 1.93. The Morgan fingerprint density at radius 3 is 2.50 bits per heavy atom. The Morgan fingerprint density at radius 2 is 1.81 bits per heavy atom. The summed E-state index contributed by atoms with van der Waals surface area (Å²) in [6.45, 7) is 6.46. The van der Waals surface area contributed by atoms with Crippen molar-refractivity contribution in [3.63, 3.8) is 0 Å². The summed E-state index contributed by atoms with van der Waals surface area (Å²) >= 11 is 0. The van der Waals surface area contributed by atoms with E-state index in [0.717, 1.165) is 10.9 Å². The van der Waals surface area contributed by atoms with Crippen LogP contribution in [-0.4, -0.2) is 4.98 Å². The van der Waals surface area contributed by atoms with Crippen LogP contribution < -0.4 is 5.73 Å². The highest BCUT2D eigenvalue weighted by atomic mass is 14.7. The van der Waals surface area contributed by atoms with Gasteiger partial charge in [-0.3, -0.25) is 4.98 Å². The van der Waals surface area contributed by atoms with E-state index in [1.165, 1.54) is 5.39 Å². The van der Waals surface area contributed by atoms with Crippen molar-refractivity contribution in [2.45, 2.75) is 26.8 Å². The van der Waals surface area contributed by atoms with Gasteiger partial charge in [0.1, 0.15) is 0 Å². The number of nitrogens with zero attached hydrogens (tertiary/aromatic N) is 1. The fourth-order valence-corrected chi connectivity index (χ4v) is 1.85. The van der Waals surface area contributed by atoms with Crippen molar-refractivity contribution >= 4 is 10.8 Å². The number of hydrogen-bond acceptors (Lipinski definition) is 2. The average molecular weight is 214 g/mol. The van der Waals surface area contributed by atoms with Gasteiger partial charge in [0.15, 0.2) is 0 Å². The van der Waals surface area contributed by atoms with E-state index in [4.69, 9.17) is 5.73 Å². The molecule has 84 valence electrons. The second-order valence-corrected chi connectivity index (χ2v) is 5.29. The fourth-order valence-electron chi connectivity index (χ4n) is 1.85. The van der Waals surface area contributed by atoms with Crippen molar-refractivity contribution < 1.29 is 0 Å². The molecule has 0 amide bonds. The summed E-state index contributed by atoms with van der Waals surface area (Å²) in [5.41, 5.74) is 7.48. The van der Waals surface area contributed by atoms with Crippen LogP contribution in [0.25, 0.3) is 10.8 Å². The molecule has 1 unspecified atom stereocenters. The Morgan fingerprint density at radius 1 is 1.12 bits per heavy atom. The van der Waals surface area contributed by atoms with E-state index in [9.17, 15) is 0 Å². The molecule has 0 saturated carbocycles. The predicted octanol–water partition coefficient (Wildman–Crippen LogP) is 3.28. The van der Waals surface area contributed by atoms with Gasteiger partial charge >= 0.3 is 0 Å². The molecule has 0 spiro atoms. The highest BCUT2D eigenvalue weighted by Crippen LogP contribution is 2.33. The molecule has 2 rings (SSSR count). The van der Waals surface area contributed by atoms with Gasteiger partial charge in [0.2, 0.25) is 0 Å². The lowest BCUT2D eigenvalue weighted by molar-refractivity contribution is 0.328. The molecule has 0 aliphatic heterocycles. The highest BCUT2D eigenvalue weighted by molar-refractivity contribution is 5.85. The molecule has 1 aromatic carbocycles. The van der Waals surface area contributed by atoms with Gasteiger partial charge in [0.25, 0.3) is 0 Å². The van der Waals surface area contributed by atoms with Crippen molar-refractivity contribution in [3.05, 3.63) is 42.2 Å². The SMILES string of the molecule is CC(C)(C)C(N)c1cncc2ccccc12. The largest absolute Gasteiger partial charge is 0.323 e. The standard InChI is InChI=1S/C14H18N2/c1-14(2,3)13(15)12-9-16-8-10-6-4-5-7-11(10)12/h4-9,13H,15H2,1-3H3. The van der Waals surface area contributed by atoms with Crippen LogP contribution in [0.15, 0.2) is 36.7 Å². The zero-order valence-corrected chi connectivity index (χ0v) is 10.1. The lowest BCUT2D eigenvalue weighted by atomic mass is 9.82. The minimum absolute atomic E-state index is 0.00565. The monoisotopic (exact) mass is 214 g/mol. The first-order valence-corrected chi connectivity index (χ1v) is 5.58. The number of benzene rings is 1. The van der Waals surface area contributed by atoms with Crippen LogP contribution in [0.5, 0.6) is 0 Å². The van der Waals surface area contributed by atoms with Crippen LogP contribution in [0, 0.1) is 5.41 Å². The highest BCUT2D eigenvalue weighted by Gasteiger charge is 2.23. The lowest BCUT2D eigenvalue weighted by Gasteiger charge is -2.28. The summed E-state index contributed by atoms with van der Waals surface area (Å²) < 4.78 is 0. The van der Waals surface area contributed by atoms with E-state index in [2.05, 4.69) is 37.9 Å². The Balaban J connectivity index is 2.61. The van der Waals surface area contributed by atoms with Gasteiger partial charge in [-0.15, -0.1) is 0 Å². The van der Waals surface area contributed by atoms with Crippen molar-refractivity contribution in [3.8, 4) is 0 Å². The zero-order chi connectivity index (χ0) is 11.8. The fraction of sp³-hybridized carbons (Fsp3) is 0.357. The summed E-state index contributed by atoms with van der Waals surface area (Å²) in [6.07, 6.45) is 3.77. The third-order valence-corrected chi connectivity index (χ3v) is 2.97. The Hall–Kier alpha value is -1.41. The number of fused-ring (bicyclic) bond motifs is 1. The van der Waals surface area contributed by atoms with E-state index >= 15 is 0 Å². The molecule has 2 N–H and O–H groups in total. The molecule has 2 aromatic rings. The summed E-state index contributed by atoms with van der Waals surface area (Å²) in [6, 6.07) is 8.25. The number of rotatable bonds is 1. The maximum Gasteiger partial charge on any atom is 0.0365 e. The van der Waals surface area contributed by atoms with Gasteiger partial charge in [0, 0.05) is 23.8 Å². The first kappa shape index (κ1) is 11.1. The summed E-state index contributed by atoms with van der Waals surface area (Å²) in [4.78, 5) is 4.27. The normalized spacial score (nSPS) is 14.0. The summed E-state index contributed by atoms with van der Waals surface area (Å²) in [5, 5.41) is 2.36. The quantitative estimate of drug-likeness (QED) is 0.791. The van der Waals surface area contributed by atoms with Crippen molar-refractivity contribution in [1.82, 2.24) is 4.98 Å². The molecule has 1 heterocycles. The molecular weight excluding hydrogens is 196 g/mol. The summed E-state index contributed by atoms with van der Waals surface area (Å²) in [7, 11) is 0. The third-order valence-electron chi connectivity index (χ3n) is 2.97. The number of nitrogens with two attached hydrogens (primary N) is 1. The maximum absolute atomic E-state index is 6.30. The van der Waals surface area contributed by atoms with E-state index in [0.29, 0.717) is 0 Å². The molecule has 0 aliphatic carbocycles. The molecule has 2 nitrogen and oxygen atoms in total. The number of aromatic nitrogens is 1. The Bertz CT molecular complexity index is 492. The lowest BCUT2D eigenvalue weighted by Crippen LogP contribution is -2.26. The number of hydrogen-bond donors (Lipinski definition) is 1. The van der Waals surface area contributed by atoms with E-state index < -0.39 is 0 Å². The summed E-state index contributed by atoms with van der Waals surface area (Å²) in [5.74, 6) is 0. The van der Waals surface area contributed by atoms with Gasteiger partial charge in [-0.2, -0.15) is 0 Å². The van der Waals surface area contributed by atoms with E-state index in [1.807, 2.05) is 24.5 Å². The van der Waals surface area contributed by atoms with E-state index in [-0.39, 0.29) is 11.5 Å². The van der Waals surface area contributed by atoms with Crippen molar-refractivity contribution in [2.75, 3.05) is 0 Å². The van der Waals surface area contributed by atoms with E-state index in [1.54, 1.807) is 0 Å². The van der Waals surface area contributed by atoms with Gasteiger partial charge in [0.05, 0.1) is 0 Å². The van der Waals surface area contributed by atoms with Gasteiger partial charge < -0.3 is 5.73 Å². The van der Waals surface area contributed by atoms with Crippen LogP contribution >= 0.6 is 0 Å². The molecular formula is C14H18N2. The second kappa shape index (κ2) is 3.87. The first-order valence-electron chi connectivity index (χ1n) is 5.58. The van der Waals surface area contributed by atoms with Crippen LogP contribution in [0.4, 0.5) is 0 Å². The van der Waals surface area contributed by atoms with Gasteiger partial charge in [-0.05, 0) is 16.4 Å². The van der Waals surface area contributed by atoms with Crippen LogP contribution in [0.3, 0.4) is 0 Å². The van der Waals surface area contributed by atoms with Crippen LogP contribution in [0.1, 0.15) is 32.4 Å². The van der Waals surface area contributed by atoms with Crippen LogP contribution in [0.2, 0.25) is 0 Å². The minimum atomic E-state index is 0.00565. The second-order valence-electron chi connectivity index (χ2n) is 5.29. The first-order chi connectivity index (χ1) is 7.50. The topological polar surface area (TPSA) is 38.9 Å². The molecule has 1 aromatic heterocycles. The minimum Gasteiger partial charge on any atom is -0.323 e. The average Bonchev–Trinajstić information content (AvgIpc) is 2.26. The molecule has 1 atom stereocenters. The van der Waals surface area contributed by atoms with Crippen molar-refractivity contribution in [2.24, 2.45) is 11.1 Å². The zero-order valence-electron chi connectivity index (χ0n) is 10.1. The van der Waals surface area contributed by atoms with Crippen LogP contribution in [-0.2, 0) is 0 Å². The predicted molar refractivity (Wildman–Crippen MR) is 68.1 cm³/mol. The molecule has 0 bridgehead atoms. The smallest absolute Gasteiger partial charge is 0.0365 e. The number of pyridine rings is 1. The molecule has 0 radical (unpaired) electrons. The molecule has 16 heavy (non-hydrogen) atoms. The molecule has 2 heteroatoms. The molecule has 0 aliphatic rings. The Labute approximate surface area is 96.5 Å². The molecule has 0 saturated heterocycles. The van der Waals surface area contributed by atoms with Gasteiger partial charge in [-0.1, -0.05) is 45.0 Å². The maximum atomic E-state index is 6.30. The van der Waals surface area contributed by atoms with Gasteiger partial charge in [-0.25, -0.2) is 0 Å². The Kier molecular flexibility index (Phi) is 2.68. The molecule has 0 fully saturated rings.